The van der Waals surface area contributed by atoms with E-state index in [1.165, 1.54) is 5.56 Å². The summed E-state index contributed by atoms with van der Waals surface area (Å²) in [5, 5.41) is 8.14. The van der Waals surface area contributed by atoms with E-state index in [1.54, 1.807) is 6.33 Å². The molecule has 150 valence electrons. The SMILES string of the molecule is O=C(NCc1ccccc1Cl)C1CCN(c2c3c(nc4ncnn24)CCC3)CC1. The molecular weight excluding hydrogens is 388 g/mol. The van der Waals surface area contributed by atoms with E-state index in [0.29, 0.717) is 17.3 Å². The van der Waals surface area contributed by atoms with Crippen molar-refractivity contribution in [1.29, 1.82) is 0 Å². The Labute approximate surface area is 174 Å². The summed E-state index contributed by atoms with van der Waals surface area (Å²) in [6.45, 7) is 2.13. The highest BCUT2D eigenvalue weighted by Gasteiger charge is 2.30. The van der Waals surface area contributed by atoms with Crippen LogP contribution >= 0.6 is 11.6 Å². The molecule has 1 aliphatic heterocycles. The molecule has 1 N–H and O–H groups in total. The lowest BCUT2D eigenvalue weighted by molar-refractivity contribution is -0.125. The molecule has 29 heavy (non-hydrogen) atoms. The van der Waals surface area contributed by atoms with Crippen molar-refractivity contribution in [3.63, 3.8) is 0 Å². The van der Waals surface area contributed by atoms with Crippen molar-refractivity contribution in [3.05, 3.63) is 52.4 Å². The fourth-order valence-corrected chi connectivity index (χ4v) is 4.65. The van der Waals surface area contributed by atoms with Gasteiger partial charge in [-0.2, -0.15) is 14.6 Å². The summed E-state index contributed by atoms with van der Waals surface area (Å²) in [6.07, 6.45) is 6.38. The van der Waals surface area contributed by atoms with E-state index in [-0.39, 0.29) is 11.8 Å². The molecule has 0 spiro atoms. The first-order valence-corrected chi connectivity index (χ1v) is 10.6. The smallest absolute Gasteiger partial charge is 0.254 e. The zero-order valence-electron chi connectivity index (χ0n) is 16.1. The Morgan fingerprint density at radius 3 is 2.86 bits per heavy atom. The van der Waals surface area contributed by atoms with Crippen molar-refractivity contribution in [1.82, 2.24) is 24.9 Å². The second-order valence-corrected chi connectivity index (χ2v) is 8.16. The van der Waals surface area contributed by atoms with Gasteiger partial charge in [-0.25, -0.2) is 4.98 Å². The minimum absolute atomic E-state index is 0.0230. The molecule has 1 aliphatic carbocycles. The van der Waals surface area contributed by atoms with Gasteiger partial charge in [-0.3, -0.25) is 4.79 Å². The average molecular weight is 411 g/mol. The van der Waals surface area contributed by atoms with Crippen LogP contribution in [0, 0.1) is 5.92 Å². The first-order chi connectivity index (χ1) is 14.2. The molecule has 1 amide bonds. The molecule has 0 bridgehead atoms. The molecule has 0 radical (unpaired) electrons. The van der Waals surface area contributed by atoms with Crippen LogP contribution in [-0.2, 0) is 24.2 Å². The average Bonchev–Trinajstić information content (AvgIpc) is 3.40. The van der Waals surface area contributed by atoms with Crippen molar-refractivity contribution >= 4 is 29.1 Å². The predicted molar refractivity (Wildman–Crippen MR) is 111 cm³/mol. The van der Waals surface area contributed by atoms with Gasteiger partial charge in [0.05, 0.1) is 5.69 Å². The predicted octanol–water partition coefficient (Wildman–Crippen LogP) is 2.80. The van der Waals surface area contributed by atoms with E-state index < -0.39 is 0 Å². The zero-order chi connectivity index (χ0) is 19.8. The summed E-state index contributed by atoms with van der Waals surface area (Å²) in [5.74, 6) is 1.92. The van der Waals surface area contributed by atoms with E-state index in [4.69, 9.17) is 11.6 Å². The lowest BCUT2D eigenvalue weighted by atomic mass is 9.95. The van der Waals surface area contributed by atoms with Crippen LogP contribution in [-0.4, -0.2) is 38.6 Å². The third-order valence-corrected chi connectivity index (χ3v) is 6.37. The number of anilines is 1. The van der Waals surface area contributed by atoms with Crippen LogP contribution in [0.2, 0.25) is 5.02 Å². The Morgan fingerprint density at radius 2 is 2.03 bits per heavy atom. The highest BCUT2D eigenvalue weighted by Crippen LogP contribution is 2.33. The number of aromatic nitrogens is 4. The summed E-state index contributed by atoms with van der Waals surface area (Å²) in [7, 11) is 0. The van der Waals surface area contributed by atoms with Crippen molar-refractivity contribution < 1.29 is 4.79 Å². The monoisotopic (exact) mass is 410 g/mol. The number of benzene rings is 1. The molecule has 8 heteroatoms. The number of carbonyl (C=O) groups excluding carboxylic acids is 1. The van der Waals surface area contributed by atoms with Crippen LogP contribution < -0.4 is 10.2 Å². The number of piperidine rings is 1. The summed E-state index contributed by atoms with van der Waals surface area (Å²) >= 11 is 6.19. The third kappa shape index (κ3) is 3.44. The molecule has 0 saturated carbocycles. The van der Waals surface area contributed by atoms with Crippen molar-refractivity contribution in [2.24, 2.45) is 5.92 Å². The van der Waals surface area contributed by atoms with Gasteiger partial charge in [-0.15, -0.1) is 0 Å². The summed E-state index contributed by atoms with van der Waals surface area (Å²) in [6, 6.07) is 7.62. The van der Waals surface area contributed by atoms with E-state index in [2.05, 4.69) is 25.3 Å². The van der Waals surface area contributed by atoms with Crippen LogP contribution in [0.15, 0.2) is 30.6 Å². The van der Waals surface area contributed by atoms with Crippen LogP contribution in [0.3, 0.4) is 0 Å². The number of amides is 1. The number of halogens is 1. The van der Waals surface area contributed by atoms with Gasteiger partial charge in [0.1, 0.15) is 12.1 Å². The Hall–Kier alpha value is -2.67. The summed E-state index contributed by atoms with van der Waals surface area (Å²) < 4.78 is 1.86. The van der Waals surface area contributed by atoms with E-state index in [1.807, 2.05) is 28.8 Å². The molecule has 1 fully saturated rings. The standard InChI is InChI=1S/C21H23ClN6O/c22-17-6-2-1-4-15(17)12-23-19(29)14-8-10-27(11-9-14)20-16-5-3-7-18(16)26-21-24-13-25-28(20)21/h1-2,4,6,13-14H,3,5,7-12H2,(H,23,29). The first kappa shape index (κ1) is 18.4. The second kappa shape index (κ2) is 7.63. The van der Waals surface area contributed by atoms with Crippen LogP contribution in [0.4, 0.5) is 5.82 Å². The Bertz CT molecular complexity index is 1060. The molecule has 0 atom stereocenters. The van der Waals surface area contributed by atoms with Gasteiger partial charge in [0.2, 0.25) is 5.91 Å². The minimum atomic E-state index is 0.0230. The van der Waals surface area contributed by atoms with Crippen molar-refractivity contribution in [2.45, 2.75) is 38.6 Å². The van der Waals surface area contributed by atoms with Crippen LogP contribution in [0.25, 0.3) is 5.78 Å². The highest BCUT2D eigenvalue weighted by atomic mass is 35.5. The molecule has 2 aliphatic rings. The lowest BCUT2D eigenvalue weighted by Gasteiger charge is -2.34. The number of hydrogen-bond acceptors (Lipinski definition) is 5. The number of aryl methyl sites for hydroxylation is 1. The highest BCUT2D eigenvalue weighted by molar-refractivity contribution is 6.31. The largest absolute Gasteiger partial charge is 0.356 e. The lowest BCUT2D eigenvalue weighted by Crippen LogP contribution is -2.41. The summed E-state index contributed by atoms with van der Waals surface area (Å²) in [4.78, 5) is 24.0. The van der Waals surface area contributed by atoms with Gasteiger partial charge in [0.15, 0.2) is 0 Å². The van der Waals surface area contributed by atoms with E-state index in [0.717, 1.165) is 62.3 Å². The quantitative estimate of drug-likeness (QED) is 0.715. The Balaban J connectivity index is 1.27. The normalized spacial score (nSPS) is 16.9. The number of rotatable bonds is 4. The van der Waals surface area contributed by atoms with Gasteiger partial charge in [-0.05, 0) is 43.7 Å². The Kier molecular flexibility index (Phi) is 4.83. The molecule has 1 saturated heterocycles. The number of carbonyl (C=O) groups is 1. The number of nitrogens with one attached hydrogen (secondary N) is 1. The molecule has 7 nitrogen and oxygen atoms in total. The van der Waals surface area contributed by atoms with Crippen LogP contribution in [0.1, 0.15) is 36.1 Å². The van der Waals surface area contributed by atoms with Crippen molar-refractivity contribution in [2.75, 3.05) is 18.0 Å². The second-order valence-electron chi connectivity index (χ2n) is 7.76. The molecule has 5 rings (SSSR count). The minimum Gasteiger partial charge on any atom is -0.356 e. The first-order valence-electron chi connectivity index (χ1n) is 10.2. The van der Waals surface area contributed by atoms with Gasteiger partial charge in [0, 0.05) is 36.1 Å². The molecule has 2 aromatic heterocycles. The topological polar surface area (TPSA) is 75.4 Å². The number of hydrogen-bond donors (Lipinski definition) is 1. The maximum absolute atomic E-state index is 12.7. The fraction of sp³-hybridized carbons (Fsp3) is 0.429. The maximum atomic E-state index is 12.7. The van der Waals surface area contributed by atoms with Gasteiger partial charge in [0.25, 0.3) is 5.78 Å². The van der Waals surface area contributed by atoms with Gasteiger partial charge < -0.3 is 10.2 Å². The number of fused-ring (bicyclic) bond motifs is 2. The zero-order valence-corrected chi connectivity index (χ0v) is 16.9. The molecule has 3 heterocycles. The van der Waals surface area contributed by atoms with E-state index >= 15 is 0 Å². The fourth-order valence-electron chi connectivity index (χ4n) is 4.45. The summed E-state index contributed by atoms with van der Waals surface area (Å²) in [5.41, 5.74) is 3.39. The van der Waals surface area contributed by atoms with Gasteiger partial charge >= 0.3 is 0 Å². The molecule has 0 unspecified atom stereocenters. The molecule has 1 aromatic carbocycles. The van der Waals surface area contributed by atoms with Crippen LogP contribution in [0.5, 0.6) is 0 Å². The Morgan fingerprint density at radius 1 is 1.21 bits per heavy atom. The maximum Gasteiger partial charge on any atom is 0.254 e. The van der Waals surface area contributed by atoms with Crippen molar-refractivity contribution in [3.8, 4) is 0 Å². The molecular formula is C21H23ClN6O. The van der Waals surface area contributed by atoms with Gasteiger partial charge in [-0.1, -0.05) is 29.8 Å². The third-order valence-electron chi connectivity index (χ3n) is 6.00. The van der Waals surface area contributed by atoms with E-state index in [9.17, 15) is 4.79 Å². The molecule has 3 aromatic rings. The number of nitrogens with zero attached hydrogens (tertiary/aromatic N) is 5.